The summed E-state index contributed by atoms with van der Waals surface area (Å²) in [6.45, 7) is 0.565. The molecule has 2 amide bonds. The largest absolute Gasteiger partial charge is 0.493 e. The lowest BCUT2D eigenvalue weighted by Crippen LogP contribution is -2.25. The predicted octanol–water partition coefficient (Wildman–Crippen LogP) is 4.11. The molecule has 1 N–H and O–H groups in total. The lowest BCUT2D eigenvalue weighted by molar-refractivity contribution is -0.118. The summed E-state index contributed by atoms with van der Waals surface area (Å²) in [6.07, 6.45) is 9.31. The summed E-state index contributed by atoms with van der Waals surface area (Å²) >= 11 is 7.00. The van der Waals surface area contributed by atoms with Gasteiger partial charge in [0.2, 0.25) is 5.91 Å². The first-order valence-electron chi connectivity index (χ1n) is 7.91. The van der Waals surface area contributed by atoms with Crippen molar-refractivity contribution >= 4 is 34.5 Å². The van der Waals surface area contributed by atoms with Gasteiger partial charge in [-0.3, -0.25) is 14.9 Å². The molecule has 2 aromatic rings. The number of thioether (sulfide) groups is 1. The summed E-state index contributed by atoms with van der Waals surface area (Å²) in [5, 5.41) is 2.41. The molecule has 3 rings (SSSR count). The Labute approximate surface area is 162 Å². The Balaban J connectivity index is 0.00000117. The summed E-state index contributed by atoms with van der Waals surface area (Å²) in [6, 6.07) is 15.3. The van der Waals surface area contributed by atoms with Crippen molar-refractivity contribution in [2.75, 3.05) is 6.61 Å². The van der Waals surface area contributed by atoms with Crippen LogP contribution in [0.25, 0.3) is 0 Å². The number of carbonyl (C=O) groups excluding carboxylic acids is 2. The fourth-order valence-electron chi connectivity index (χ4n) is 2.44. The van der Waals surface area contributed by atoms with Crippen LogP contribution in [0.1, 0.15) is 11.1 Å². The van der Waals surface area contributed by atoms with Gasteiger partial charge in [-0.1, -0.05) is 47.6 Å². The molecule has 1 unspecified atom stereocenters. The van der Waals surface area contributed by atoms with Gasteiger partial charge in [-0.15, -0.1) is 12.8 Å². The maximum atomic E-state index is 11.6. The first-order chi connectivity index (χ1) is 12.6. The maximum Gasteiger partial charge on any atom is 0.286 e. The second kappa shape index (κ2) is 9.91. The summed E-state index contributed by atoms with van der Waals surface area (Å²) in [5.41, 5.74) is 2.13. The van der Waals surface area contributed by atoms with Crippen LogP contribution in [0.2, 0.25) is 5.02 Å². The number of hydrogen-bond donors (Lipinski definition) is 1. The number of terminal acetylenes is 1. The van der Waals surface area contributed by atoms with E-state index < -0.39 is 0 Å². The molecular weight excluding hydrogens is 370 g/mol. The van der Waals surface area contributed by atoms with E-state index in [1.54, 1.807) is 0 Å². The Bertz CT molecular complexity index is 789. The fraction of sp³-hybridized carbons (Fsp3) is 0.200. The minimum Gasteiger partial charge on any atom is -0.493 e. The second-order valence-electron chi connectivity index (χ2n) is 5.46. The molecule has 1 fully saturated rings. The first-order valence-corrected chi connectivity index (χ1v) is 9.17. The van der Waals surface area contributed by atoms with E-state index in [9.17, 15) is 9.59 Å². The molecule has 1 aliphatic heterocycles. The molecule has 0 saturated carbocycles. The smallest absolute Gasteiger partial charge is 0.286 e. The van der Waals surface area contributed by atoms with E-state index in [2.05, 4.69) is 18.2 Å². The molecule has 0 spiro atoms. The molecule has 2 aromatic carbocycles. The van der Waals surface area contributed by atoms with Crippen LogP contribution >= 0.6 is 23.4 Å². The van der Waals surface area contributed by atoms with Gasteiger partial charge in [0.15, 0.2) is 0 Å². The molecule has 0 bridgehead atoms. The van der Waals surface area contributed by atoms with Gasteiger partial charge in [-0.05, 0) is 41.8 Å². The highest BCUT2D eigenvalue weighted by Crippen LogP contribution is 2.24. The van der Waals surface area contributed by atoms with Crippen molar-refractivity contribution in [1.82, 2.24) is 5.32 Å². The molecule has 6 heteroatoms. The van der Waals surface area contributed by atoms with Gasteiger partial charge in [0, 0.05) is 11.4 Å². The van der Waals surface area contributed by atoms with Gasteiger partial charge in [0.1, 0.15) is 5.75 Å². The average Bonchev–Trinajstić information content (AvgIpc) is 2.95. The third-order valence-corrected chi connectivity index (χ3v) is 4.88. The topological polar surface area (TPSA) is 55.4 Å². The molecule has 0 aliphatic carbocycles. The monoisotopic (exact) mass is 387 g/mol. The van der Waals surface area contributed by atoms with Crippen LogP contribution in [0.3, 0.4) is 0 Å². The lowest BCUT2D eigenvalue weighted by atomic mass is 10.1. The van der Waals surface area contributed by atoms with Crippen molar-refractivity contribution in [2.45, 2.75) is 18.1 Å². The lowest BCUT2D eigenvalue weighted by Gasteiger charge is -2.09. The predicted molar refractivity (Wildman–Crippen MR) is 106 cm³/mol. The number of benzene rings is 2. The Morgan fingerprint density at radius 1 is 1.08 bits per heavy atom. The van der Waals surface area contributed by atoms with E-state index in [1.165, 1.54) is 0 Å². The average molecular weight is 388 g/mol. The van der Waals surface area contributed by atoms with E-state index in [1.807, 2.05) is 48.5 Å². The summed E-state index contributed by atoms with van der Waals surface area (Å²) < 4.78 is 5.73. The van der Waals surface area contributed by atoms with E-state index in [-0.39, 0.29) is 16.4 Å². The number of carbonyl (C=O) groups is 2. The summed E-state index contributed by atoms with van der Waals surface area (Å²) in [4.78, 5) is 22.7. The van der Waals surface area contributed by atoms with Crippen molar-refractivity contribution in [1.29, 1.82) is 0 Å². The Kier molecular flexibility index (Phi) is 7.58. The highest BCUT2D eigenvalue weighted by molar-refractivity contribution is 8.15. The number of nitrogens with one attached hydrogen (secondary N) is 1. The van der Waals surface area contributed by atoms with E-state index in [0.717, 1.165) is 40.1 Å². The molecule has 26 heavy (non-hydrogen) atoms. The van der Waals surface area contributed by atoms with E-state index >= 15 is 0 Å². The number of hydrogen-bond acceptors (Lipinski definition) is 4. The van der Waals surface area contributed by atoms with E-state index in [0.29, 0.717) is 13.0 Å². The van der Waals surface area contributed by atoms with Crippen molar-refractivity contribution < 1.29 is 14.3 Å². The highest BCUT2D eigenvalue weighted by Gasteiger charge is 2.31. The summed E-state index contributed by atoms with van der Waals surface area (Å²) in [7, 11) is 0. The standard InChI is InChI=1S/C18H16ClNO3S.C2H2/c19-14-3-1-2-12(10-14)8-9-23-15-6-4-13(5-7-15)11-16-17(21)20-18(22)24-16;1-2/h1-7,10,16H,8-9,11H2,(H,20,21,22);1-2H. The van der Waals surface area contributed by atoms with Crippen LogP contribution in [0.4, 0.5) is 4.79 Å². The molecular formula is C20H18ClNO3S. The number of rotatable bonds is 6. The Morgan fingerprint density at radius 2 is 1.81 bits per heavy atom. The van der Waals surface area contributed by atoms with Gasteiger partial charge < -0.3 is 4.74 Å². The molecule has 0 radical (unpaired) electrons. The van der Waals surface area contributed by atoms with E-state index in [4.69, 9.17) is 16.3 Å². The third-order valence-electron chi connectivity index (χ3n) is 3.66. The number of halogens is 1. The van der Waals surface area contributed by atoms with Crippen molar-refractivity contribution in [3.63, 3.8) is 0 Å². The maximum absolute atomic E-state index is 11.6. The quantitative estimate of drug-likeness (QED) is 0.758. The zero-order valence-corrected chi connectivity index (χ0v) is 15.6. The third kappa shape index (κ3) is 5.83. The zero-order valence-electron chi connectivity index (χ0n) is 14.0. The van der Waals surface area contributed by atoms with Crippen molar-refractivity contribution in [3.05, 3.63) is 64.7 Å². The normalized spacial score (nSPS) is 15.7. The van der Waals surface area contributed by atoms with Crippen LogP contribution < -0.4 is 10.1 Å². The fourth-order valence-corrected chi connectivity index (χ4v) is 3.52. The van der Waals surface area contributed by atoms with Gasteiger partial charge in [-0.25, -0.2) is 0 Å². The second-order valence-corrected chi connectivity index (χ2v) is 7.07. The molecule has 1 aliphatic rings. The van der Waals surface area contributed by atoms with Crippen LogP contribution in [0, 0.1) is 12.8 Å². The minimum atomic E-state index is -0.341. The van der Waals surface area contributed by atoms with Gasteiger partial charge in [0.05, 0.1) is 11.9 Å². The molecule has 0 aromatic heterocycles. The van der Waals surface area contributed by atoms with Gasteiger partial charge in [0.25, 0.3) is 5.24 Å². The SMILES string of the molecule is C#C.O=C1NC(=O)C(Cc2ccc(OCCc3cccc(Cl)c3)cc2)S1. The minimum absolute atomic E-state index is 0.216. The van der Waals surface area contributed by atoms with Crippen molar-refractivity contribution in [3.8, 4) is 18.6 Å². The Morgan fingerprint density at radius 3 is 2.42 bits per heavy atom. The number of imide groups is 1. The number of ether oxygens (including phenoxy) is 1. The molecule has 1 heterocycles. The molecule has 4 nitrogen and oxygen atoms in total. The number of amides is 2. The van der Waals surface area contributed by atoms with Crippen LogP contribution in [-0.4, -0.2) is 23.0 Å². The van der Waals surface area contributed by atoms with Crippen LogP contribution in [0.15, 0.2) is 48.5 Å². The van der Waals surface area contributed by atoms with Gasteiger partial charge in [-0.2, -0.15) is 0 Å². The Hall–Kier alpha value is -2.42. The zero-order chi connectivity index (χ0) is 18.9. The van der Waals surface area contributed by atoms with Gasteiger partial charge >= 0.3 is 0 Å². The van der Waals surface area contributed by atoms with Crippen LogP contribution in [0.5, 0.6) is 5.75 Å². The summed E-state index contributed by atoms with van der Waals surface area (Å²) in [5.74, 6) is 0.562. The molecule has 134 valence electrons. The van der Waals surface area contributed by atoms with Crippen LogP contribution in [-0.2, 0) is 17.6 Å². The van der Waals surface area contributed by atoms with Crippen molar-refractivity contribution in [2.24, 2.45) is 0 Å². The first kappa shape index (κ1) is 19.9. The molecule has 1 saturated heterocycles. The molecule has 1 atom stereocenters. The highest BCUT2D eigenvalue weighted by atomic mass is 35.5.